The van der Waals surface area contributed by atoms with Gasteiger partial charge in [0, 0.05) is 51.4 Å². The molecule has 7 heteroatoms. The van der Waals surface area contributed by atoms with E-state index in [2.05, 4.69) is 0 Å². The van der Waals surface area contributed by atoms with Crippen LogP contribution in [0.2, 0.25) is 39.3 Å². The standard InChI is InChI=1S/C14H22O4Si2.K/c1-19(2,3)17-13(15)11-9-7-8-10-12(11)14(16)18-20(4,5)6;/h7-10H,1-6H3;. The number of carbonyl (C=O) groups is 2. The summed E-state index contributed by atoms with van der Waals surface area (Å²) in [6.45, 7) is 11.5. The first-order valence-electron chi connectivity index (χ1n) is 6.55. The van der Waals surface area contributed by atoms with Crippen LogP contribution in [0, 0.1) is 0 Å². The predicted octanol–water partition coefficient (Wildman–Crippen LogP) is 3.29. The van der Waals surface area contributed by atoms with E-state index in [4.69, 9.17) is 8.85 Å². The van der Waals surface area contributed by atoms with Crippen molar-refractivity contribution in [3.63, 3.8) is 0 Å². The Balaban J connectivity index is 0.00000400. The van der Waals surface area contributed by atoms with Gasteiger partial charge in [0.2, 0.25) is 16.6 Å². The maximum absolute atomic E-state index is 12.2. The molecule has 0 aliphatic carbocycles. The van der Waals surface area contributed by atoms with E-state index in [0.29, 0.717) is 0 Å². The van der Waals surface area contributed by atoms with Crippen molar-refractivity contribution in [3.05, 3.63) is 35.4 Å². The van der Waals surface area contributed by atoms with E-state index in [1.165, 1.54) is 0 Å². The van der Waals surface area contributed by atoms with Crippen LogP contribution in [0.4, 0.5) is 0 Å². The summed E-state index contributed by atoms with van der Waals surface area (Å²) < 4.78 is 10.9. The molecule has 111 valence electrons. The van der Waals surface area contributed by atoms with Gasteiger partial charge in [-0.1, -0.05) is 12.1 Å². The van der Waals surface area contributed by atoms with Crippen molar-refractivity contribution < 1.29 is 18.4 Å². The fourth-order valence-electron chi connectivity index (χ4n) is 1.51. The van der Waals surface area contributed by atoms with Crippen LogP contribution < -0.4 is 0 Å². The quantitative estimate of drug-likeness (QED) is 0.783. The fraction of sp³-hybridized carbons (Fsp3) is 0.429. The predicted molar refractivity (Wildman–Crippen MR) is 89.7 cm³/mol. The van der Waals surface area contributed by atoms with Crippen molar-refractivity contribution in [2.45, 2.75) is 39.3 Å². The molecule has 1 rings (SSSR count). The number of rotatable bonds is 4. The van der Waals surface area contributed by atoms with Crippen LogP contribution in [0.25, 0.3) is 0 Å². The maximum atomic E-state index is 12.2. The first-order valence-corrected chi connectivity index (χ1v) is 13.4. The smallest absolute Gasteiger partial charge is 0.325 e. The molecule has 0 unspecified atom stereocenters. The molecule has 0 fully saturated rings. The Labute approximate surface area is 171 Å². The molecule has 0 amide bonds. The Morgan fingerprint density at radius 1 is 0.762 bits per heavy atom. The largest absolute Gasteiger partial charge is 0.516 e. The molecule has 4 nitrogen and oxygen atoms in total. The molecule has 0 spiro atoms. The van der Waals surface area contributed by atoms with Crippen molar-refractivity contribution in [2.24, 2.45) is 0 Å². The molecule has 0 aromatic heterocycles. The molecular weight excluding hydrogens is 327 g/mol. The molecular formula is C14H22KO4Si2. The molecule has 0 heterocycles. The molecule has 0 saturated carbocycles. The van der Waals surface area contributed by atoms with Crippen LogP contribution >= 0.6 is 0 Å². The van der Waals surface area contributed by atoms with Crippen molar-refractivity contribution in [3.8, 4) is 0 Å². The first-order chi connectivity index (χ1) is 8.99. The second-order valence-corrected chi connectivity index (χ2v) is 15.4. The third-order valence-corrected chi connectivity index (χ3v) is 3.76. The topological polar surface area (TPSA) is 52.6 Å². The number of hydrogen-bond acceptors (Lipinski definition) is 4. The molecule has 1 radical (unpaired) electrons. The summed E-state index contributed by atoms with van der Waals surface area (Å²) in [6.07, 6.45) is 0. The van der Waals surface area contributed by atoms with E-state index in [0.717, 1.165) is 0 Å². The fourth-order valence-corrected chi connectivity index (χ4v) is 2.84. The molecule has 0 N–H and O–H groups in total. The van der Waals surface area contributed by atoms with Gasteiger partial charge in [-0.25, -0.2) is 9.59 Å². The zero-order valence-corrected chi connectivity index (χ0v) is 19.1. The Hall–Kier alpha value is 0.230. The summed E-state index contributed by atoms with van der Waals surface area (Å²) in [5, 5.41) is 0. The van der Waals surface area contributed by atoms with Gasteiger partial charge in [-0.15, -0.1) is 0 Å². The summed E-state index contributed by atoms with van der Waals surface area (Å²) in [7, 11) is -4.00. The Morgan fingerprint density at radius 2 is 1.05 bits per heavy atom. The zero-order chi connectivity index (χ0) is 15.6. The average molecular weight is 350 g/mol. The van der Waals surface area contributed by atoms with Crippen molar-refractivity contribution in [1.82, 2.24) is 0 Å². The minimum absolute atomic E-state index is 0. The Bertz CT molecular complexity index is 471. The first kappa shape index (κ1) is 21.2. The molecule has 0 aliphatic rings. The molecule has 0 saturated heterocycles. The number of hydrogen-bond donors (Lipinski definition) is 0. The van der Waals surface area contributed by atoms with Crippen LogP contribution in [0.1, 0.15) is 20.7 Å². The van der Waals surface area contributed by atoms with Gasteiger partial charge >= 0.3 is 11.9 Å². The monoisotopic (exact) mass is 349 g/mol. The van der Waals surface area contributed by atoms with E-state index in [9.17, 15) is 9.59 Å². The van der Waals surface area contributed by atoms with Gasteiger partial charge in [0.15, 0.2) is 0 Å². The van der Waals surface area contributed by atoms with E-state index in [1.807, 2.05) is 39.3 Å². The van der Waals surface area contributed by atoms with Gasteiger partial charge in [-0.3, -0.25) is 0 Å². The van der Waals surface area contributed by atoms with Crippen LogP contribution in [0.3, 0.4) is 0 Å². The van der Waals surface area contributed by atoms with Crippen LogP contribution in [-0.2, 0) is 8.85 Å². The molecule has 0 bridgehead atoms. The van der Waals surface area contributed by atoms with E-state index >= 15 is 0 Å². The summed E-state index contributed by atoms with van der Waals surface area (Å²) in [5.41, 5.74) is 0.552. The van der Waals surface area contributed by atoms with E-state index in [1.54, 1.807) is 24.3 Å². The summed E-state index contributed by atoms with van der Waals surface area (Å²) >= 11 is 0. The summed E-state index contributed by atoms with van der Waals surface area (Å²) in [4.78, 5) is 24.3. The number of benzene rings is 1. The minimum atomic E-state index is -2.00. The number of carbonyl (C=O) groups excluding carboxylic acids is 2. The van der Waals surface area contributed by atoms with Crippen molar-refractivity contribution in [1.29, 1.82) is 0 Å². The van der Waals surface area contributed by atoms with Gasteiger partial charge in [0.1, 0.15) is 0 Å². The van der Waals surface area contributed by atoms with Gasteiger partial charge < -0.3 is 8.85 Å². The molecule has 0 aliphatic heterocycles. The van der Waals surface area contributed by atoms with Gasteiger partial charge in [0.25, 0.3) is 0 Å². The summed E-state index contributed by atoms with van der Waals surface area (Å²) in [6, 6.07) is 6.63. The molecule has 0 atom stereocenters. The van der Waals surface area contributed by atoms with Crippen molar-refractivity contribution >= 4 is 80.0 Å². The normalized spacial score (nSPS) is 11.3. The van der Waals surface area contributed by atoms with Gasteiger partial charge in [-0.2, -0.15) is 0 Å². The van der Waals surface area contributed by atoms with E-state index < -0.39 is 28.6 Å². The van der Waals surface area contributed by atoms with Crippen LogP contribution in [-0.4, -0.2) is 80.0 Å². The van der Waals surface area contributed by atoms with Crippen molar-refractivity contribution in [2.75, 3.05) is 0 Å². The maximum Gasteiger partial charge on any atom is 0.325 e. The van der Waals surface area contributed by atoms with Crippen LogP contribution in [0.5, 0.6) is 0 Å². The molecule has 21 heavy (non-hydrogen) atoms. The molecule has 1 aromatic rings. The van der Waals surface area contributed by atoms with Gasteiger partial charge in [0.05, 0.1) is 11.1 Å². The second-order valence-electron chi connectivity index (χ2n) is 6.55. The second kappa shape index (κ2) is 8.19. The van der Waals surface area contributed by atoms with E-state index in [-0.39, 0.29) is 62.5 Å². The minimum Gasteiger partial charge on any atom is -0.516 e. The SMILES string of the molecule is C[Si](C)(C)OC(=O)c1ccccc1C(=O)O[Si](C)(C)C.[K]. The van der Waals surface area contributed by atoms with Crippen LogP contribution in [0.15, 0.2) is 24.3 Å². The third-order valence-electron chi connectivity index (χ3n) is 2.16. The zero-order valence-electron chi connectivity index (χ0n) is 13.9. The third kappa shape index (κ3) is 7.87. The summed E-state index contributed by atoms with van der Waals surface area (Å²) in [5.74, 6) is -0.903. The Kier molecular flexibility index (Phi) is 8.28. The average Bonchev–Trinajstić information content (AvgIpc) is 2.24. The van der Waals surface area contributed by atoms with Gasteiger partial charge in [-0.05, 0) is 51.4 Å². The molecule has 1 aromatic carbocycles. The Morgan fingerprint density at radius 3 is 1.29 bits per heavy atom.